The van der Waals surface area contributed by atoms with Crippen molar-refractivity contribution < 1.29 is 19.1 Å². The van der Waals surface area contributed by atoms with Gasteiger partial charge in [0.1, 0.15) is 24.4 Å². The van der Waals surface area contributed by atoms with Crippen molar-refractivity contribution in [1.82, 2.24) is 20.2 Å². The first-order valence-corrected chi connectivity index (χ1v) is 10.0. The van der Waals surface area contributed by atoms with Crippen LogP contribution in [0.4, 0.5) is 10.6 Å². The Morgan fingerprint density at radius 3 is 2.63 bits per heavy atom. The number of hydrogen-bond donors (Lipinski definition) is 1. The SMILES string of the molecule is CCOC(=O)CNC(=O)N1CCN(c2cc(Oc3ccc(Cl)c(C)c3)ncn2)CC1. The second kappa shape index (κ2) is 10.1. The van der Waals surface area contributed by atoms with Gasteiger partial charge in [0, 0.05) is 37.3 Å². The summed E-state index contributed by atoms with van der Waals surface area (Å²) in [6.07, 6.45) is 1.45. The van der Waals surface area contributed by atoms with E-state index in [1.54, 1.807) is 30.0 Å². The highest BCUT2D eigenvalue weighted by atomic mass is 35.5. The molecule has 1 N–H and O–H groups in total. The van der Waals surface area contributed by atoms with Crippen LogP contribution in [0.5, 0.6) is 11.6 Å². The molecule has 1 saturated heterocycles. The number of amides is 2. The van der Waals surface area contributed by atoms with Gasteiger partial charge in [0.2, 0.25) is 5.88 Å². The molecule has 1 fully saturated rings. The lowest BCUT2D eigenvalue weighted by molar-refractivity contribution is -0.141. The molecule has 1 aromatic heterocycles. The van der Waals surface area contributed by atoms with Crippen LogP contribution in [0.3, 0.4) is 0 Å². The fourth-order valence-electron chi connectivity index (χ4n) is 2.97. The zero-order valence-corrected chi connectivity index (χ0v) is 17.7. The number of esters is 1. The van der Waals surface area contributed by atoms with Gasteiger partial charge in [0.05, 0.1) is 6.61 Å². The minimum Gasteiger partial charge on any atom is -0.465 e. The van der Waals surface area contributed by atoms with E-state index in [2.05, 4.69) is 20.2 Å². The van der Waals surface area contributed by atoms with E-state index in [9.17, 15) is 9.59 Å². The second-order valence-corrected chi connectivity index (χ2v) is 7.07. The number of halogens is 1. The van der Waals surface area contributed by atoms with Crippen molar-refractivity contribution in [3.8, 4) is 11.6 Å². The topological polar surface area (TPSA) is 96.9 Å². The molecule has 3 rings (SSSR count). The van der Waals surface area contributed by atoms with E-state index in [0.29, 0.717) is 42.8 Å². The van der Waals surface area contributed by atoms with Crippen molar-refractivity contribution in [3.63, 3.8) is 0 Å². The van der Waals surface area contributed by atoms with E-state index >= 15 is 0 Å². The van der Waals surface area contributed by atoms with Gasteiger partial charge in [-0.1, -0.05) is 11.6 Å². The van der Waals surface area contributed by atoms with E-state index in [1.165, 1.54) is 6.33 Å². The summed E-state index contributed by atoms with van der Waals surface area (Å²) in [7, 11) is 0. The molecule has 0 unspecified atom stereocenters. The van der Waals surface area contributed by atoms with Crippen LogP contribution in [0.25, 0.3) is 0 Å². The predicted octanol–water partition coefficient (Wildman–Crippen LogP) is 2.63. The molecule has 1 aliphatic rings. The Hall–Kier alpha value is -3.07. The second-order valence-electron chi connectivity index (χ2n) is 6.67. The molecule has 0 aliphatic carbocycles. The van der Waals surface area contributed by atoms with E-state index in [4.69, 9.17) is 21.1 Å². The standard InChI is InChI=1S/C20H24ClN5O4/c1-3-29-19(27)12-22-20(28)26-8-6-25(7-9-26)17-11-18(24-13-23-17)30-15-4-5-16(21)14(2)10-15/h4-5,10-11,13H,3,6-9,12H2,1-2H3,(H,22,28). The van der Waals surface area contributed by atoms with Crippen molar-refractivity contribution in [3.05, 3.63) is 41.2 Å². The number of benzene rings is 1. The Morgan fingerprint density at radius 1 is 1.17 bits per heavy atom. The third kappa shape index (κ3) is 5.73. The monoisotopic (exact) mass is 433 g/mol. The van der Waals surface area contributed by atoms with E-state index in [1.807, 2.05) is 13.0 Å². The smallest absolute Gasteiger partial charge is 0.325 e. The molecule has 160 valence electrons. The van der Waals surface area contributed by atoms with Gasteiger partial charge < -0.3 is 24.6 Å². The number of ether oxygens (including phenoxy) is 2. The van der Waals surface area contributed by atoms with Gasteiger partial charge in [-0.25, -0.2) is 14.8 Å². The Morgan fingerprint density at radius 2 is 1.93 bits per heavy atom. The average molecular weight is 434 g/mol. The lowest BCUT2D eigenvalue weighted by Gasteiger charge is -2.35. The summed E-state index contributed by atoms with van der Waals surface area (Å²) in [5.74, 6) is 1.34. The number of nitrogens with zero attached hydrogens (tertiary/aromatic N) is 4. The quantitative estimate of drug-likeness (QED) is 0.699. The number of carbonyl (C=O) groups is 2. The summed E-state index contributed by atoms with van der Waals surface area (Å²) >= 11 is 6.05. The fourth-order valence-corrected chi connectivity index (χ4v) is 3.09. The highest BCUT2D eigenvalue weighted by molar-refractivity contribution is 6.31. The molecular weight excluding hydrogens is 410 g/mol. The molecular formula is C20H24ClN5O4. The number of aromatic nitrogens is 2. The zero-order valence-electron chi connectivity index (χ0n) is 16.9. The van der Waals surface area contributed by atoms with Gasteiger partial charge >= 0.3 is 12.0 Å². The van der Waals surface area contributed by atoms with E-state index in [-0.39, 0.29) is 19.2 Å². The summed E-state index contributed by atoms with van der Waals surface area (Å²) in [6, 6.07) is 6.89. The van der Waals surface area contributed by atoms with Crippen molar-refractivity contribution in [1.29, 1.82) is 0 Å². The minimum absolute atomic E-state index is 0.135. The normalized spacial score (nSPS) is 13.7. The Bertz CT molecular complexity index is 903. The summed E-state index contributed by atoms with van der Waals surface area (Å²) in [5.41, 5.74) is 0.917. The third-order valence-corrected chi connectivity index (χ3v) is 4.98. The number of nitrogens with one attached hydrogen (secondary N) is 1. The summed E-state index contributed by atoms with van der Waals surface area (Å²) in [6.45, 7) is 5.99. The largest absolute Gasteiger partial charge is 0.465 e. The van der Waals surface area contributed by atoms with Gasteiger partial charge in [-0.3, -0.25) is 4.79 Å². The van der Waals surface area contributed by atoms with Gasteiger partial charge in [-0.05, 0) is 37.6 Å². The first kappa shape index (κ1) is 21.6. The summed E-state index contributed by atoms with van der Waals surface area (Å²) in [5, 5.41) is 3.25. The van der Waals surface area contributed by atoms with Crippen LogP contribution in [-0.2, 0) is 9.53 Å². The highest BCUT2D eigenvalue weighted by Crippen LogP contribution is 2.26. The first-order chi connectivity index (χ1) is 14.5. The first-order valence-electron chi connectivity index (χ1n) is 9.65. The van der Waals surface area contributed by atoms with Crippen molar-refractivity contribution in [2.45, 2.75) is 13.8 Å². The van der Waals surface area contributed by atoms with Crippen molar-refractivity contribution in [2.75, 3.05) is 44.2 Å². The number of hydrogen-bond acceptors (Lipinski definition) is 7. The maximum absolute atomic E-state index is 12.2. The van der Waals surface area contributed by atoms with Crippen molar-refractivity contribution in [2.24, 2.45) is 0 Å². The maximum atomic E-state index is 12.2. The average Bonchev–Trinajstić information content (AvgIpc) is 2.75. The number of aryl methyl sites for hydroxylation is 1. The highest BCUT2D eigenvalue weighted by Gasteiger charge is 2.22. The molecule has 1 aliphatic heterocycles. The molecule has 9 nitrogen and oxygen atoms in total. The lowest BCUT2D eigenvalue weighted by Crippen LogP contribution is -2.52. The van der Waals surface area contributed by atoms with Crippen LogP contribution in [0, 0.1) is 6.92 Å². The number of anilines is 1. The molecule has 1 aromatic carbocycles. The molecule has 0 spiro atoms. The molecule has 0 bridgehead atoms. The van der Waals surface area contributed by atoms with E-state index < -0.39 is 5.97 Å². The zero-order chi connectivity index (χ0) is 21.5. The van der Waals surface area contributed by atoms with Crippen LogP contribution in [0.2, 0.25) is 5.02 Å². The van der Waals surface area contributed by atoms with Gasteiger partial charge in [0.25, 0.3) is 0 Å². The maximum Gasteiger partial charge on any atom is 0.325 e. The molecule has 2 aromatic rings. The van der Waals surface area contributed by atoms with Gasteiger partial charge in [-0.15, -0.1) is 0 Å². The third-order valence-electron chi connectivity index (χ3n) is 4.56. The van der Waals surface area contributed by atoms with Crippen LogP contribution in [0.15, 0.2) is 30.6 Å². The minimum atomic E-state index is -0.450. The lowest BCUT2D eigenvalue weighted by atomic mass is 10.2. The van der Waals surface area contributed by atoms with Crippen molar-refractivity contribution >= 4 is 29.4 Å². The molecule has 2 heterocycles. The Balaban J connectivity index is 1.54. The number of rotatable bonds is 6. The van der Waals surface area contributed by atoms with Gasteiger partial charge in [0.15, 0.2) is 0 Å². The summed E-state index contributed by atoms with van der Waals surface area (Å²) < 4.78 is 10.6. The Labute approximate surface area is 179 Å². The molecule has 30 heavy (non-hydrogen) atoms. The Kier molecular flexibility index (Phi) is 7.29. The molecule has 0 atom stereocenters. The molecule has 2 amide bonds. The van der Waals surface area contributed by atoms with Crippen LogP contribution in [-0.4, -0.2) is 66.2 Å². The number of carbonyl (C=O) groups excluding carboxylic acids is 2. The summed E-state index contributed by atoms with van der Waals surface area (Å²) in [4.78, 5) is 35.8. The molecule has 0 saturated carbocycles. The fraction of sp³-hybridized carbons (Fsp3) is 0.400. The van der Waals surface area contributed by atoms with Crippen LogP contribution >= 0.6 is 11.6 Å². The van der Waals surface area contributed by atoms with Crippen LogP contribution in [0.1, 0.15) is 12.5 Å². The molecule has 0 radical (unpaired) electrons. The van der Waals surface area contributed by atoms with Crippen LogP contribution < -0.4 is 15.0 Å². The van der Waals surface area contributed by atoms with E-state index in [0.717, 1.165) is 11.4 Å². The number of piperazine rings is 1. The van der Waals surface area contributed by atoms with Gasteiger partial charge in [-0.2, -0.15) is 0 Å². The number of urea groups is 1. The molecule has 10 heteroatoms. The predicted molar refractivity (Wildman–Crippen MR) is 112 cm³/mol.